The van der Waals surface area contributed by atoms with Gasteiger partial charge in [-0.15, -0.1) is 0 Å². The number of carbonyl (C=O) groups excluding carboxylic acids is 2. The average molecular weight is 473 g/mol. The maximum absolute atomic E-state index is 12.2. The smallest absolute Gasteiger partial charge is 0.691 e. The Hall–Kier alpha value is 0.170. The van der Waals surface area contributed by atoms with Gasteiger partial charge in [0.25, 0.3) is 0 Å². The molecule has 0 bridgehead atoms. The van der Waals surface area contributed by atoms with E-state index in [4.69, 9.17) is 9.47 Å². The molecule has 0 radical (unpaired) electrons. The van der Waals surface area contributed by atoms with Crippen LogP contribution in [0.25, 0.3) is 0 Å². The summed E-state index contributed by atoms with van der Waals surface area (Å²) in [6, 6.07) is 0. The minimum absolute atomic E-state index is 0. The van der Waals surface area contributed by atoms with Crippen molar-refractivity contribution in [3.63, 3.8) is 0 Å². The quantitative estimate of drug-likeness (QED) is 0.0591. The fraction of sp³-hybridized carbons (Fsp3) is 0.909. The van der Waals surface area contributed by atoms with Crippen LogP contribution in [0.4, 0.5) is 0 Å². The third-order valence-corrected chi connectivity index (χ3v) is 5.53. The average Bonchev–Trinajstić information content (AvgIpc) is 2.74. The van der Waals surface area contributed by atoms with Gasteiger partial charge in [-0.25, -0.2) is 0 Å². The van der Waals surface area contributed by atoms with Gasteiger partial charge in [0.05, 0.1) is 19.6 Å². The summed E-state index contributed by atoms with van der Waals surface area (Å²) in [5.41, 5.74) is 0. The molecule has 0 fully saturated rings. The Balaban J connectivity index is 0. The Morgan fingerprint density at radius 2 is 1.19 bits per heavy atom. The van der Waals surface area contributed by atoms with Gasteiger partial charge in [0.2, 0.25) is 0 Å². The third kappa shape index (κ3) is 23.1. The molecule has 0 amide bonds. The molecule has 9 heteroatoms. The molecule has 0 saturated heterocycles. The Labute approximate surface area is 215 Å². The molecule has 0 aliphatic rings. The minimum Gasteiger partial charge on any atom is -0.691 e. The summed E-state index contributed by atoms with van der Waals surface area (Å²) in [6.45, 7) is 4.94. The first-order chi connectivity index (χ1) is 14.7. The van der Waals surface area contributed by atoms with E-state index in [0.29, 0.717) is 18.6 Å². The van der Waals surface area contributed by atoms with Gasteiger partial charge < -0.3 is 14.7 Å². The molecule has 0 heterocycles. The minimum atomic E-state index is -0.981. The second kappa shape index (κ2) is 26.4. The normalized spacial score (nSPS) is 11.6. The second-order valence-electron chi connectivity index (χ2n) is 7.56. The molecular formula is C22H41NaO7S. The number of carbonyl (C=O) groups is 2. The van der Waals surface area contributed by atoms with E-state index < -0.39 is 17.2 Å². The van der Waals surface area contributed by atoms with Crippen LogP contribution in [0.2, 0.25) is 0 Å². The van der Waals surface area contributed by atoms with Crippen molar-refractivity contribution >= 4 is 24.0 Å². The van der Waals surface area contributed by atoms with Crippen molar-refractivity contribution in [3.8, 4) is 0 Å². The van der Waals surface area contributed by atoms with Crippen LogP contribution in [0.5, 0.6) is 0 Å². The van der Waals surface area contributed by atoms with Gasteiger partial charge in [0, 0.05) is 12.0 Å². The van der Waals surface area contributed by atoms with E-state index >= 15 is 0 Å². The molecule has 7 nitrogen and oxygen atoms in total. The monoisotopic (exact) mass is 472 g/mol. The summed E-state index contributed by atoms with van der Waals surface area (Å²) >= 11 is 0.478. The van der Waals surface area contributed by atoms with E-state index in [1.165, 1.54) is 44.9 Å². The Morgan fingerprint density at radius 1 is 0.742 bits per heavy atom. The standard InChI is InChI=1S/C22H42O7S.Na/c1-3-5-7-9-10-11-12-13-14-16-18-27-22(24)20(30-29-28-25)19-21(23)26-17-15-8-6-4-2;/h20,25H,3-19H2,1-2H3;/q;+1/p-1. The van der Waals surface area contributed by atoms with Crippen molar-refractivity contribution in [3.05, 3.63) is 0 Å². The third-order valence-electron chi connectivity index (χ3n) is 4.80. The molecule has 0 aromatic carbocycles. The molecule has 0 aliphatic heterocycles. The fourth-order valence-electron chi connectivity index (χ4n) is 3.00. The van der Waals surface area contributed by atoms with Gasteiger partial charge in [0.1, 0.15) is 5.25 Å². The van der Waals surface area contributed by atoms with Crippen LogP contribution in [0.15, 0.2) is 0 Å². The molecule has 1 unspecified atom stereocenters. The van der Waals surface area contributed by atoms with Crippen LogP contribution in [0, 0.1) is 0 Å². The van der Waals surface area contributed by atoms with Crippen molar-refractivity contribution in [2.75, 3.05) is 13.2 Å². The predicted molar refractivity (Wildman–Crippen MR) is 116 cm³/mol. The van der Waals surface area contributed by atoms with Crippen LogP contribution in [-0.2, 0) is 28.4 Å². The Bertz CT molecular complexity index is 413. The van der Waals surface area contributed by atoms with Gasteiger partial charge in [-0.1, -0.05) is 90.9 Å². The Kier molecular flexibility index (Phi) is 28.4. The first-order valence-electron chi connectivity index (χ1n) is 11.6. The zero-order chi connectivity index (χ0) is 22.3. The summed E-state index contributed by atoms with van der Waals surface area (Å²) in [5.74, 6) is -1.12. The van der Waals surface area contributed by atoms with E-state index in [2.05, 4.69) is 23.2 Å². The largest absolute Gasteiger partial charge is 1.00 e. The molecule has 0 spiro atoms. The van der Waals surface area contributed by atoms with Gasteiger partial charge in [-0.3, -0.25) is 14.6 Å². The summed E-state index contributed by atoms with van der Waals surface area (Å²) in [4.78, 5) is 24.1. The van der Waals surface area contributed by atoms with Gasteiger partial charge >= 0.3 is 41.5 Å². The maximum Gasteiger partial charge on any atom is 1.00 e. The number of esters is 2. The molecule has 1 atom stereocenters. The fourth-order valence-corrected chi connectivity index (χ4v) is 3.48. The summed E-state index contributed by atoms with van der Waals surface area (Å²) in [5, 5.41) is 12.4. The number of rotatable bonds is 22. The van der Waals surface area contributed by atoms with E-state index in [1.807, 2.05) is 0 Å². The first-order valence-corrected chi connectivity index (χ1v) is 12.4. The van der Waals surface area contributed by atoms with E-state index in [1.54, 1.807) is 0 Å². The van der Waals surface area contributed by atoms with Crippen LogP contribution >= 0.6 is 12.0 Å². The predicted octanol–water partition coefficient (Wildman–Crippen LogP) is 2.21. The number of hydrogen-bond donors (Lipinski definition) is 0. The molecule has 0 N–H and O–H groups in total. The number of unbranched alkanes of at least 4 members (excludes halogenated alkanes) is 12. The number of hydrogen-bond acceptors (Lipinski definition) is 8. The molecule has 178 valence electrons. The molecule has 0 saturated carbocycles. The van der Waals surface area contributed by atoms with Crippen molar-refractivity contribution in [2.24, 2.45) is 0 Å². The summed E-state index contributed by atoms with van der Waals surface area (Å²) in [6.07, 6.45) is 15.7. The van der Waals surface area contributed by atoms with Crippen molar-refractivity contribution < 1.29 is 63.2 Å². The summed E-state index contributed by atoms with van der Waals surface area (Å²) in [7, 11) is 0. The Morgan fingerprint density at radius 3 is 1.71 bits per heavy atom. The number of ether oxygens (including phenoxy) is 2. The molecule has 0 aliphatic carbocycles. The molecule has 0 aromatic heterocycles. The van der Waals surface area contributed by atoms with Gasteiger partial charge in [0.15, 0.2) is 0 Å². The van der Waals surface area contributed by atoms with E-state index in [-0.39, 0.29) is 42.6 Å². The summed E-state index contributed by atoms with van der Waals surface area (Å²) < 4.78 is 14.6. The van der Waals surface area contributed by atoms with Crippen molar-refractivity contribution in [1.29, 1.82) is 0 Å². The van der Waals surface area contributed by atoms with E-state index in [0.717, 1.165) is 44.9 Å². The molecule has 0 rings (SSSR count). The second-order valence-corrected chi connectivity index (χ2v) is 8.45. The topological polar surface area (TPSA) is 94.1 Å². The van der Waals surface area contributed by atoms with Crippen LogP contribution in [0.3, 0.4) is 0 Å². The van der Waals surface area contributed by atoms with Crippen molar-refractivity contribution in [1.82, 2.24) is 0 Å². The first kappa shape index (κ1) is 33.3. The van der Waals surface area contributed by atoms with Crippen LogP contribution < -0.4 is 34.8 Å². The van der Waals surface area contributed by atoms with Crippen LogP contribution in [0.1, 0.15) is 110 Å². The zero-order valence-electron chi connectivity index (χ0n) is 19.9. The SMILES string of the molecule is CCCCCCCCCCCCOC(=O)C(CC(=O)OCCCCCC)SOO[O-].[Na+]. The van der Waals surface area contributed by atoms with Gasteiger partial charge in [-0.05, 0) is 12.8 Å². The molecule has 0 aromatic rings. The van der Waals surface area contributed by atoms with Crippen LogP contribution in [-0.4, -0.2) is 30.4 Å². The van der Waals surface area contributed by atoms with E-state index in [9.17, 15) is 14.8 Å². The van der Waals surface area contributed by atoms with Crippen molar-refractivity contribution in [2.45, 2.75) is 115 Å². The van der Waals surface area contributed by atoms with Gasteiger partial charge in [-0.2, -0.15) is 4.33 Å². The zero-order valence-corrected chi connectivity index (χ0v) is 22.7. The molecule has 31 heavy (non-hydrogen) atoms. The maximum atomic E-state index is 12.2. The molecular weight excluding hydrogens is 431 g/mol.